The van der Waals surface area contributed by atoms with Crippen molar-refractivity contribution in [1.29, 1.82) is 0 Å². The highest BCUT2D eigenvalue weighted by Crippen LogP contribution is 2.16. The van der Waals surface area contributed by atoms with E-state index < -0.39 is 6.10 Å². The van der Waals surface area contributed by atoms with Crippen LogP contribution in [0.3, 0.4) is 0 Å². The lowest BCUT2D eigenvalue weighted by molar-refractivity contribution is -0.167. The van der Waals surface area contributed by atoms with Crippen LogP contribution >= 0.6 is 0 Å². The molecule has 0 rings (SSSR count). The van der Waals surface area contributed by atoms with Crippen LogP contribution in [0, 0.1) is 0 Å². The summed E-state index contributed by atoms with van der Waals surface area (Å²) in [6, 6.07) is 0. The largest absolute Gasteiger partial charge is 0.462 e. The lowest BCUT2D eigenvalue weighted by Crippen LogP contribution is -2.30. The molecule has 0 heterocycles. The van der Waals surface area contributed by atoms with E-state index >= 15 is 0 Å². The van der Waals surface area contributed by atoms with Crippen LogP contribution in [0.1, 0.15) is 310 Å². The van der Waals surface area contributed by atoms with Gasteiger partial charge in [-0.05, 0) is 122 Å². The van der Waals surface area contributed by atoms with Gasteiger partial charge >= 0.3 is 17.9 Å². The van der Waals surface area contributed by atoms with Crippen LogP contribution in [0.25, 0.3) is 0 Å². The molecule has 6 heteroatoms. The first-order chi connectivity index (χ1) is 37.5. The summed E-state index contributed by atoms with van der Waals surface area (Å²) in [5.74, 6) is -0.899. The van der Waals surface area contributed by atoms with Crippen LogP contribution in [0.2, 0.25) is 0 Å². The fourth-order valence-electron chi connectivity index (χ4n) is 8.97. The van der Waals surface area contributed by atoms with Gasteiger partial charge in [-0.15, -0.1) is 0 Å². The van der Waals surface area contributed by atoms with Crippen LogP contribution in [0.15, 0.2) is 97.2 Å². The van der Waals surface area contributed by atoms with Crippen LogP contribution < -0.4 is 0 Å². The average Bonchev–Trinajstić information content (AvgIpc) is 3.42. The molecule has 436 valence electrons. The number of rotatable bonds is 58. The maximum Gasteiger partial charge on any atom is 0.306 e. The zero-order valence-electron chi connectivity index (χ0n) is 50.0. The molecule has 0 saturated carbocycles. The number of hydrogen-bond donors (Lipinski definition) is 0. The predicted octanol–water partition coefficient (Wildman–Crippen LogP) is 22.0. The zero-order chi connectivity index (χ0) is 55.0. The summed E-state index contributed by atoms with van der Waals surface area (Å²) < 4.78 is 16.9. The molecule has 0 aliphatic rings. The Balaban J connectivity index is 4.35. The molecular formula is C70H120O6. The van der Waals surface area contributed by atoms with Crippen molar-refractivity contribution in [1.82, 2.24) is 0 Å². The molecule has 0 fully saturated rings. The van der Waals surface area contributed by atoms with Crippen LogP contribution in [0.5, 0.6) is 0 Å². The Morgan fingerprint density at radius 2 is 0.513 bits per heavy atom. The van der Waals surface area contributed by atoms with Gasteiger partial charge in [0.05, 0.1) is 0 Å². The van der Waals surface area contributed by atoms with Gasteiger partial charge in [-0.1, -0.05) is 266 Å². The van der Waals surface area contributed by atoms with Crippen molar-refractivity contribution in [3.63, 3.8) is 0 Å². The van der Waals surface area contributed by atoms with E-state index in [1.165, 1.54) is 154 Å². The molecule has 0 aliphatic carbocycles. The number of unbranched alkanes of at least 4 members (excludes halogenated alkanes) is 31. The monoisotopic (exact) mass is 1060 g/mol. The highest BCUT2D eigenvalue weighted by Gasteiger charge is 2.19. The van der Waals surface area contributed by atoms with Crippen molar-refractivity contribution in [2.75, 3.05) is 13.2 Å². The molecular weight excluding hydrogens is 937 g/mol. The molecule has 0 saturated heterocycles. The fraction of sp³-hybridized carbons (Fsp3) is 0.729. The van der Waals surface area contributed by atoms with E-state index in [1.807, 2.05) is 0 Å². The van der Waals surface area contributed by atoms with Gasteiger partial charge in [-0.25, -0.2) is 0 Å². The standard InChI is InChI=1S/C70H120O6/c1-4-7-10-13-16-19-22-25-28-30-32-33-34-35-36-37-38-40-42-45-48-51-54-57-60-63-69(72)75-66-67(65-74-68(71)62-59-56-53-50-47-44-41-27-24-21-18-15-12-9-6-3)76-70(73)64-61-58-55-52-49-46-43-39-31-29-26-23-20-17-14-11-8-5-2/h7,10,16,18-21,23,25,27-29,31-33,41,67H,4-6,8-9,11-15,17,22,24,26,30,34-40,42-66H2,1-3H3/b10-7-,19-16-,21-18-,23-20-,28-25-,31-29-,33-32-,41-27-. The summed E-state index contributed by atoms with van der Waals surface area (Å²) in [7, 11) is 0. The van der Waals surface area contributed by atoms with E-state index in [9.17, 15) is 14.4 Å². The van der Waals surface area contributed by atoms with E-state index in [2.05, 4.69) is 118 Å². The molecule has 0 aromatic carbocycles. The van der Waals surface area contributed by atoms with E-state index in [0.717, 1.165) is 116 Å². The molecule has 1 unspecified atom stereocenters. The number of hydrogen-bond acceptors (Lipinski definition) is 6. The maximum absolute atomic E-state index is 12.9. The number of carbonyl (C=O) groups excluding carboxylic acids is 3. The summed E-state index contributed by atoms with van der Waals surface area (Å²) in [5.41, 5.74) is 0. The second-order valence-corrected chi connectivity index (χ2v) is 21.3. The Hall–Kier alpha value is -3.67. The van der Waals surface area contributed by atoms with Crippen molar-refractivity contribution >= 4 is 17.9 Å². The number of allylic oxidation sites excluding steroid dienone is 16. The minimum Gasteiger partial charge on any atom is -0.462 e. The lowest BCUT2D eigenvalue weighted by atomic mass is 10.0. The summed E-state index contributed by atoms with van der Waals surface area (Å²) in [4.78, 5) is 38.3. The molecule has 0 spiro atoms. The zero-order valence-corrected chi connectivity index (χ0v) is 50.0. The smallest absolute Gasteiger partial charge is 0.306 e. The van der Waals surface area contributed by atoms with Crippen LogP contribution in [-0.4, -0.2) is 37.2 Å². The van der Waals surface area contributed by atoms with Gasteiger partial charge in [0.25, 0.3) is 0 Å². The molecule has 0 bridgehead atoms. The summed E-state index contributed by atoms with van der Waals surface area (Å²) >= 11 is 0. The van der Waals surface area contributed by atoms with Gasteiger partial charge in [-0.3, -0.25) is 14.4 Å². The average molecular weight is 1060 g/mol. The molecule has 0 N–H and O–H groups in total. The van der Waals surface area contributed by atoms with E-state index in [1.54, 1.807) is 0 Å². The van der Waals surface area contributed by atoms with Gasteiger partial charge in [0.15, 0.2) is 6.10 Å². The molecule has 0 aromatic heterocycles. The van der Waals surface area contributed by atoms with Crippen LogP contribution in [0.4, 0.5) is 0 Å². The molecule has 0 aromatic rings. The molecule has 6 nitrogen and oxygen atoms in total. The molecule has 0 amide bonds. The molecule has 76 heavy (non-hydrogen) atoms. The van der Waals surface area contributed by atoms with Crippen LogP contribution in [-0.2, 0) is 28.6 Å². The number of carbonyl (C=O) groups is 3. The Bertz CT molecular complexity index is 1490. The van der Waals surface area contributed by atoms with Crippen molar-refractivity contribution in [3.8, 4) is 0 Å². The van der Waals surface area contributed by atoms with Crippen molar-refractivity contribution in [2.24, 2.45) is 0 Å². The third kappa shape index (κ3) is 61.2. The van der Waals surface area contributed by atoms with Crippen molar-refractivity contribution in [3.05, 3.63) is 97.2 Å². The molecule has 1 atom stereocenters. The fourth-order valence-corrected chi connectivity index (χ4v) is 8.97. The second kappa shape index (κ2) is 63.9. The van der Waals surface area contributed by atoms with Gasteiger partial charge in [0, 0.05) is 19.3 Å². The van der Waals surface area contributed by atoms with Gasteiger partial charge in [-0.2, -0.15) is 0 Å². The molecule has 0 aliphatic heterocycles. The summed E-state index contributed by atoms with van der Waals surface area (Å²) in [6.45, 7) is 6.49. The Kier molecular flexibility index (Phi) is 60.8. The third-order valence-corrected chi connectivity index (χ3v) is 13.8. The quantitative estimate of drug-likeness (QED) is 0.0261. The highest BCUT2D eigenvalue weighted by molar-refractivity contribution is 5.71. The van der Waals surface area contributed by atoms with Crippen molar-refractivity contribution < 1.29 is 28.6 Å². The SMILES string of the molecule is CC/C=C\C/C=C\C/C=C\C/C=C\CCCCCCCCCCCCCCC(=O)OCC(COC(=O)CCCCCCC/C=C\C/C=C\CCCCC)OC(=O)CCCCCCCCC/C=C\C/C=C\CCCCCC. The number of ether oxygens (including phenoxy) is 3. The number of esters is 3. The third-order valence-electron chi connectivity index (χ3n) is 13.8. The summed E-state index contributed by atoms with van der Waals surface area (Å²) in [5, 5.41) is 0. The molecule has 0 radical (unpaired) electrons. The second-order valence-electron chi connectivity index (χ2n) is 21.3. The highest BCUT2D eigenvalue weighted by atomic mass is 16.6. The van der Waals surface area contributed by atoms with Gasteiger partial charge in [0.1, 0.15) is 13.2 Å². The predicted molar refractivity (Wildman–Crippen MR) is 330 cm³/mol. The lowest BCUT2D eigenvalue weighted by Gasteiger charge is -2.18. The Labute approximate surface area is 470 Å². The first-order valence-corrected chi connectivity index (χ1v) is 32.2. The van der Waals surface area contributed by atoms with Gasteiger partial charge < -0.3 is 14.2 Å². The van der Waals surface area contributed by atoms with E-state index in [-0.39, 0.29) is 31.1 Å². The maximum atomic E-state index is 12.9. The minimum atomic E-state index is -0.790. The van der Waals surface area contributed by atoms with E-state index in [0.29, 0.717) is 19.3 Å². The minimum absolute atomic E-state index is 0.0855. The normalized spacial score (nSPS) is 12.7. The first-order valence-electron chi connectivity index (χ1n) is 32.2. The Morgan fingerprint density at radius 1 is 0.276 bits per heavy atom. The topological polar surface area (TPSA) is 78.9 Å². The van der Waals surface area contributed by atoms with Crippen molar-refractivity contribution in [2.45, 2.75) is 316 Å². The van der Waals surface area contributed by atoms with E-state index in [4.69, 9.17) is 14.2 Å². The first kappa shape index (κ1) is 72.3. The Morgan fingerprint density at radius 3 is 0.829 bits per heavy atom. The van der Waals surface area contributed by atoms with Gasteiger partial charge in [0.2, 0.25) is 0 Å². The summed E-state index contributed by atoms with van der Waals surface area (Å²) in [6.07, 6.45) is 85.5.